The number of benzene rings is 2. The number of aromatic nitrogens is 1. The van der Waals surface area contributed by atoms with Gasteiger partial charge in [-0.25, -0.2) is 0 Å². The van der Waals surface area contributed by atoms with E-state index in [1.165, 1.54) is 10.9 Å². The molecule has 3 aromatic rings. The van der Waals surface area contributed by atoms with Gasteiger partial charge in [0.2, 0.25) is 5.91 Å². The lowest BCUT2D eigenvalue weighted by Crippen LogP contribution is -2.29. The number of nitrogens with one attached hydrogen (secondary N) is 2. The first-order valence-electron chi connectivity index (χ1n) is 7.70. The molecule has 0 bridgehead atoms. The number of H-pyrrole nitrogens is 1. The van der Waals surface area contributed by atoms with E-state index in [-0.39, 0.29) is 11.8 Å². The molecular weight excluding hydrogens is 352 g/mol. The predicted octanol–water partition coefficient (Wildman–Crippen LogP) is 4.43. The number of aromatic amines is 1. The van der Waals surface area contributed by atoms with Crippen LogP contribution in [0.5, 0.6) is 0 Å². The molecule has 2 N–H and O–H groups in total. The summed E-state index contributed by atoms with van der Waals surface area (Å²) in [6, 6.07) is 16.2. The van der Waals surface area contributed by atoms with E-state index in [2.05, 4.69) is 38.4 Å². The number of carbonyl (C=O) groups is 1. The summed E-state index contributed by atoms with van der Waals surface area (Å²) in [5.41, 5.74) is 3.39. The Morgan fingerprint density at radius 3 is 2.87 bits per heavy atom. The van der Waals surface area contributed by atoms with Gasteiger partial charge in [0.25, 0.3) is 0 Å². The summed E-state index contributed by atoms with van der Waals surface area (Å²) < 4.78 is 1.02. The number of halogens is 1. The molecule has 1 atom stereocenters. The lowest BCUT2D eigenvalue weighted by Gasteiger charge is -2.12. The minimum atomic E-state index is -0.0682. The van der Waals surface area contributed by atoms with Crippen molar-refractivity contribution in [2.45, 2.75) is 19.9 Å². The van der Waals surface area contributed by atoms with Gasteiger partial charge >= 0.3 is 0 Å². The van der Waals surface area contributed by atoms with Gasteiger partial charge in [-0.2, -0.15) is 0 Å². The van der Waals surface area contributed by atoms with Crippen molar-refractivity contribution in [1.29, 1.82) is 0 Å². The van der Waals surface area contributed by atoms with Gasteiger partial charge in [-0.3, -0.25) is 4.79 Å². The molecule has 3 nitrogen and oxygen atoms in total. The normalized spacial score (nSPS) is 12.3. The number of hydrogen-bond donors (Lipinski definition) is 2. The molecule has 0 fully saturated rings. The molecule has 0 aliphatic rings. The van der Waals surface area contributed by atoms with E-state index < -0.39 is 0 Å². The van der Waals surface area contributed by atoms with Crippen LogP contribution in [0.15, 0.2) is 59.2 Å². The van der Waals surface area contributed by atoms with Crippen LogP contribution in [0, 0.1) is 5.92 Å². The molecule has 0 aliphatic carbocycles. The average molecular weight is 371 g/mol. The molecule has 23 heavy (non-hydrogen) atoms. The van der Waals surface area contributed by atoms with Crippen molar-refractivity contribution in [2.75, 3.05) is 0 Å². The summed E-state index contributed by atoms with van der Waals surface area (Å²) in [4.78, 5) is 15.6. The van der Waals surface area contributed by atoms with Gasteiger partial charge in [0.05, 0.1) is 0 Å². The second-order valence-corrected chi connectivity index (χ2v) is 6.73. The third kappa shape index (κ3) is 3.82. The number of amides is 1. The fourth-order valence-electron chi connectivity index (χ4n) is 2.73. The highest BCUT2D eigenvalue weighted by atomic mass is 79.9. The third-order valence-electron chi connectivity index (χ3n) is 4.00. The van der Waals surface area contributed by atoms with Gasteiger partial charge in [-0.05, 0) is 35.7 Å². The maximum atomic E-state index is 12.3. The largest absolute Gasteiger partial charge is 0.361 e. The molecule has 4 heteroatoms. The van der Waals surface area contributed by atoms with Crippen molar-refractivity contribution < 1.29 is 4.79 Å². The standard InChI is InChI=1S/C19H19BrN2O/c1-13(9-15-12-21-18-8-3-2-7-17(15)18)19(23)22-11-14-5-4-6-16(20)10-14/h2-8,10,12-13,21H,9,11H2,1H3,(H,22,23). The SMILES string of the molecule is CC(Cc1c[nH]c2ccccc12)C(=O)NCc1cccc(Br)c1. The third-order valence-corrected chi connectivity index (χ3v) is 4.50. The zero-order valence-corrected chi connectivity index (χ0v) is 14.6. The van der Waals surface area contributed by atoms with Crippen LogP contribution in [0.2, 0.25) is 0 Å². The van der Waals surface area contributed by atoms with Crippen molar-refractivity contribution >= 4 is 32.7 Å². The van der Waals surface area contributed by atoms with E-state index in [0.29, 0.717) is 6.54 Å². The molecule has 2 aromatic carbocycles. The van der Waals surface area contributed by atoms with Crippen LogP contribution in [-0.4, -0.2) is 10.9 Å². The number of fused-ring (bicyclic) bond motifs is 1. The minimum absolute atomic E-state index is 0.0682. The van der Waals surface area contributed by atoms with E-state index in [4.69, 9.17) is 0 Å². The van der Waals surface area contributed by atoms with Gasteiger partial charge in [-0.15, -0.1) is 0 Å². The van der Waals surface area contributed by atoms with Crippen molar-refractivity contribution in [3.05, 3.63) is 70.3 Å². The van der Waals surface area contributed by atoms with E-state index in [1.54, 1.807) is 0 Å². The van der Waals surface area contributed by atoms with Crippen LogP contribution in [0.4, 0.5) is 0 Å². The highest BCUT2D eigenvalue weighted by Crippen LogP contribution is 2.21. The number of hydrogen-bond acceptors (Lipinski definition) is 1. The number of para-hydroxylation sites is 1. The van der Waals surface area contributed by atoms with Crippen LogP contribution < -0.4 is 5.32 Å². The quantitative estimate of drug-likeness (QED) is 0.685. The summed E-state index contributed by atoms with van der Waals surface area (Å²) in [6.07, 6.45) is 2.73. The monoisotopic (exact) mass is 370 g/mol. The summed E-state index contributed by atoms with van der Waals surface area (Å²) in [5.74, 6) is 0.0108. The van der Waals surface area contributed by atoms with Gasteiger partial charge < -0.3 is 10.3 Å². The zero-order valence-electron chi connectivity index (χ0n) is 13.0. The Balaban J connectivity index is 1.61. The molecule has 0 saturated carbocycles. The van der Waals surface area contributed by atoms with Gasteiger partial charge in [0.15, 0.2) is 0 Å². The number of rotatable bonds is 5. The maximum Gasteiger partial charge on any atom is 0.223 e. The molecule has 1 heterocycles. The highest BCUT2D eigenvalue weighted by Gasteiger charge is 2.15. The minimum Gasteiger partial charge on any atom is -0.361 e. The van der Waals surface area contributed by atoms with Crippen molar-refractivity contribution in [3.8, 4) is 0 Å². The van der Waals surface area contributed by atoms with Crippen molar-refractivity contribution in [2.24, 2.45) is 5.92 Å². The molecule has 1 aromatic heterocycles. The van der Waals surface area contributed by atoms with Crippen LogP contribution in [0.1, 0.15) is 18.1 Å². The second-order valence-electron chi connectivity index (χ2n) is 5.81. The van der Waals surface area contributed by atoms with E-state index in [1.807, 2.05) is 49.5 Å². The Bertz CT molecular complexity index is 825. The Kier molecular flexibility index (Phi) is 4.82. The second kappa shape index (κ2) is 7.01. The maximum absolute atomic E-state index is 12.3. The Labute approximate surface area is 144 Å². The predicted molar refractivity (Wildman–Crippen MR) is 97.2 cm³/mol. The number of carbonyl (C=O) groups excluding carboxylic acids is 1. The molecular formula is C19H19BrN2O. The summed E-state index contributed by atoms with van der Waals surface area (Å²) in [6.45, 7) is 2.52. The molecule has 0 radical (unpaired) electrons. The zero-order chi connectivity index (χ0) is 16.2. The molecule has 3 rings (SSSR count). The molecule has 0 aliphatic heterocycles. The lowest BCUT2D eigenvalue weighted by molar-refractivity contribution is -0.124. The molecule has 118 valence electrons. The Morgan fingerprint density at radius 1 is 1.22 bits per heavy atom. The molecule has 1 amide bonds. The van der Waals surface area contributed by atoms with E-state index in [9.17, 15) is 4.79 Å². The van der Waals surface area contributed by atoms with Crippen LogP contribution in [0.25, 0.3) is 10.9 Å². The summed E-state index contributed by atoms with van der Waals surface area (Å²) in [7, 11) is 0. The highest BCUT2D eigenvalue weighted by molar-refractivity contribution is 9.10. The topological polar surface area (TPSA) is 44.9 Å². The van der Waals surface area contributed by atoms with Gasteiger partial charge in [0, 0.05) is 34.0 Å². The van der Waals surface area contributed by atoms with Crippen molar-refractivity contribution in [1.82, 2.24) is 10.3 Å². The molecule has 0 saturated heterocycles. The fraction of sp³-hybridized carbons (Fsp3) is 0.211. The average Bonchev–Trinajstić information content (AvgIpc) is 2.96. The fourth-order valence-corrected chi connectivity index (χ4v) is 3.18. The van der Waals surface area contributed by atoms with Crippen molar-refractivity contribution in [3.63, 3.8) is 0 Å². The smallest absolute Gasteiger partial charge is 0.223 e. The van der Waals surface area contributed by atoms with E-state index >= 15 is 0 Å². The van der Waals surface area contributed by atoms with Gasteiger partial charge in [0.1, 0.15) is 0 Å². The Morgan fingerprint density at radius 2 is 2.04 bits per heavy atom. The molecule has 0 spiro atoms. The van der Waals surface area contributed by atoms with E-state index in [0.717, 1.165) is 22.0 Å². The summed E-state index contributed by atoms with van der Waals surface area (Å²) >= 11 is 3.44. The lowest BCUT2D eigenvalue weighted by atomic mass is 10.00. The van der Waals surface area contributed by atoms with Crippen LogP contribution in [0.3, 0.4) is 0 Å². The van der Waals surface area contributed by atoms with Gasteiger partial charge in [-0.1, -0.05) is 53.2 Å². The summed E-state index contributed by atoms with van der Waals surface area (Å²) in [5, 5.41) is 4.21. The van der Waals surface area contributed by atoms with Crippen LogP contribution >= 0.6 is 15.9 Å². The first kappa shape index (κ1) is 15.8. The Hall–Kier alpha value is -2.07. The molecule has 1 unspecified atom stereocenters. The first-order chi connectivity index (χ1) is 11.1. The first-order valence-corrected chi connectivity index (χ1v) is 8.50. The van der Waals surface area contributed by atoms with Crippen LogP contribution in [-0.2, 0) is 17.8 Å².